The maximum atomic E-state index is 14.4. The molecule has 172 valence electrons. The van der Waals surface area contributed by atoms with Gasteiger partial charge in [-0.15, -0.1) is 0 Å². The van der Waals surface area contributed by atoms with Gasteiger partial charge in [-0.2, -0.15) is 0 Å². The van der Waals surface area contributed by atoms with Crippen LogP contribution in [0.4, 0.5) is 21.7 Å². The van der Waals surface area contributed by atoms with E-state index >= 15 is 0 Å². The minimum atomic E-state index is -3.32. The Labute approximate surface area is 192 Å². The summed E-state index contributed by atoms with van der Waals surface area (Å²) in [6, 6.07) is 12.4. The first-order valence-corrected chi connectivity index (χ1v) is 12.5. The number of halogens is 1. The van der Waals surface area contributed by atoms with E-state index in [4.69, 9.17) is 0 Å². The van der Waals surface area contributed by atoms with E-state index in [-0.39, 0.29) is 34.6 Å². The summed E-state index contributed by atoms with van der Waals surface area (Å²) in [5, 5.41) is 5.95. The number of benzene rings is 2. The molecule has 1 amide bonds. The Kier molecular flexibility index (Phi) is 6.69. The second kappa shape index (κ2) is 9.66. The first kappa shape index (κ1) is 22.8. The fourth-order valence-corrected chi connectivity index (χ4v) is 5.20. The SMILES string of the molecule is CCCS(=O)(=O)c1cccc(CCc2nc(Nc3cccc4c3NC(=O)CC4)ncc2F)c1. The third-order valence-corrected chi connectivity index (χ3v) is 7.40. The zero-order valence-corrected chi connectivity index (χ0v) is 19.1. The number of aryl methyl sites for hydroxylation is 3. The fourth-order valence-electron chi connectivity index (χ4n) is 3.81. The van der Waals surface area contributed by atoms with Crippen molar-refractivity contribution in [3.05, 3.63) is 71.3 Å². The number of nitrogens with zero attached hydrogens (tertiary/aromatic N) is 2. The van der Waals surface area contributed by atoms with Crippen molar-refractivity contribution in [1.82, 2.24) is 9.97 Å². The Balaban J connectivity index is 1.51. The highest BCUT2D eigenvalue weighted by Gasteiger charge is 2.19. The highest BCUT2D eigenvalue weighted by Crippen LogP contribution is 2.32. The molecule has 2 aromatic carbocycles. The number of fused-ring (bicyclic) bond motifs is 1. The van der Waals surface area contributed by atoms with Gasteiger partial charge in [0.05, 0.1) is 33.9 Å². The Morgan fingerprint density at radius 3 is 2.76 bits per heavy atom. The monoisotopic (exact) mass is 468 g/mol. The molecule has 1 aromatic heterocycles. The highest BCUT2D eigenvalue weighted by molar-refractivity contribution is 7.91. The smallest absolute Gasteiger partial charge is 0.227 e. The molecule has 0 spiro atoms. The number of aromatic nitrogens is 2. The lowest BCUT2D eigenvalue weighted by Gasteiger charge is -2.20. The van der Waals surface area contributed by atoms with Gasteiger partial charge in [0, 0.05) is 6.42 Å². The van der Waals surface area contributed by atoms with Crippen LogP contribution in [0, 0.1) is 5.82 Å². The lowest BCUT2D eigenvalue weighted by atomic mass is 10.0. The summed E-state index contributed by atoms with van der Waals surface area (Å²) >= 11 is 0. The fraction of sp³-hybridized carbons (Fsp3) is 0.292. The Hall–Kier alpha value is -3.33. The second-order valence-electron chi connectivity index (χ2n) is 7.97. The van der Waals surface area contributed by atoms with E-state index in [1.165, 1.54) is 0 Å². The lowest BCUT2D eigenvalue weighted by Crippen LogP contribution is -2.20. The van der Waals surface area contributed by atoms with Crippen LogP contribution >= 0.6 is 0 Å². The summed E-state index contributed by atoms with van der Waals surface area (Å²) in [6.07, 6.45) is 3.46. The Bertz CT molecular complexity index is 1290. The molecular formula is C24H25FN4O3S. The number of sulfone groups is 1. The lowest BCUT2D eigenvalue weighted by molar-refractivity contribution is -0.116. The van der Waals surface area contributed by atoms with Crippen LogP contribution in [0.2, 0.25) is 0 Å². The minimum absolute atomic E-state index is 0.0550. The van der Waals surface area contributed by atoms with Crippen molar-refractivity contribution in [2.45, 2.75) is 43.9 Å². The molecule has 3 aromatic rings. The third kappa shape index (κ3) is 5.36. The van der Waals surface area contributed by atoms with Gasteiger partial charge in [-0.25, -0.2) is 22.8 Å². The van der Waals surface area contributed by atoms with Crippen LogP contribution in [0.3, 0.4) is 0 Å². The van der Waals surface area contributed by atoms with Crippen LogP contribution in [-0.2, 0) is 33.9 Å². The van der Waals surface area contributed by atoms with Gasteiger partial charge in [0.25, 0.3) is 0 Å². The largest absolute Gasteiger partial charge is 0.324 e. The van der Waals surface area contributed by atoms with E-state index in [2.05, 4.69) is 20.6 Å². The minimum Gasteiger partial charge on any atom is -0.324 e. The molecule has 0 radical (unpaired) electrons. The van der Waals surface area contributed by atoms with Crippen LogP contribution in [0.1, 0.15) is 36.6 Å². The Morgan fingerprint density at radius 2 is 1.94 bits per heavy atom. The number of rotatable bonds is 8. The van der Waals surface area contributed by atoms with Crippen molar-refractivity contribution < 1.29 is 17.6 Å². The first-order valence-electron chi connectivity index (χ1n) is 10.9. The van der Waals surface area contributed by atoms with Crippen LogP contribution in [-0.4, -0.2) is 30.0 Å². The van der Waals surface area contributed by atoms with E-state index in [1.54, 1.807) is 24.3 Å². The molecule has 0 aliphatic carbocycles. The van der Waals surface area contributed by atoms with Crippen LogP contribution in [0.5, 0.6) is 0 Å². The molecule has 0 unspecified atom stereocenters. The zero-order chi connectivity index (χ0) is 23.4. The number of carbonyl (C=O) groups excluding carboxylic acids is 1. The van der Waals surface area contributed by atoms with Crippen LogP contribution in [0.25, 0.3) is 0 Å². The predicted octanol–water partition coefficient (Wildman–Crippen LogP) is 4.21. The molecule has 9 heteroatoms. The number of nitrogens with one attached hydrogen (secondary N) is 2. The molecule has 0 atom stereocenters. The number of carbonyl (C=O) groups is 1. The molecule has 33 heavy (non-hydrogen) atoms. The molecule has 0 bridgehead atoms. The average Bonchev–Trinajstić information content (AvgIpc) is 2.80. The first-order chi connectivity index (χ1) is 15.9. The summed E-state index contributed by atoms with van der Waals surface area (Å²) in [6.45, 7) is 1.82. The topological polar surface area (TPSA) is 101 Å². The molecule has 7 nitrogen and oxygen atoms in total. The molecule has 0 fully saturated rings. The number of para-hydroxylation sites is 1. The number of hydrogen-bond donors (Lipinski definition) is 2. The summed E-state index contributed by atoms with van der Waals surface area (Å²) in [5.41, 5.74) is 3.36. The van der Waals surface area contributed by atoms with Crippen LogP contribution in [0.15, 0.2) is 53.6 Å². The molecule has 1 aliphatic rings. The van der Waals surface area contributed by atoms with Crippen molar-refractivity contribution in [2.75, 3.05) is 16.4 Å². The molecule has 2 heterocycles. The average molecular weight is 469 g/mol. The highest BCUT2D eigenvalue weighted by atomic mass is 32.2. The quantitative estimate of drug-likeness (QED) is 0.514. The summed E-state index contributed by atoms with van der Waals surface area (Å²) in [4.78, 5) is 20.5. The Morgan fingerprint density at radius 1 is 1.12 bits per heavy atom. The van der Waals surface area contributed by atoms with Crippen molar-refractivity contribution in [3.8, 4) is 0 Å². The van der Waals surface area contributed by atoms with Crippen molar-refractivity contribution in [3.63, 3.8) is 0 Å². The molecule has 1 aliphatic heterocycles. The normalized spacial score (nSPS) is 13.3. The van der Waals surface area contributed by atoms with E-state index in [0.29, 0.717) is 37.1 Å². The summed E-state index contributed by atoms with van der Waals surface area (Å²) < 4.78 is 39.1. The van der Waals surface area contributed by atoms with Gasteiger partial charge in [0.1, 0.15) is 0 Å². The van der Waals surface area contributed by atoms with Crippen molar-refractivity contribution in [2.24, 2.45) is 0 Å². The van der Waals surface area contributed by atoms with Gasteiger partial charge in [-0.3, -0.25) is 4.79 Å². The third-order valence-electron chi connectivity index (χ3n) is 5.48. The molecule has 0 saturated heterocycles. The number of anilines is 3. The predicted molar refractivity (Wildman–Crippen MR) is 125 cm³/mol. The van der Waals surface area contributed by atoms with Gasteiger partial charge in [-0.05, 0) is 55.0 Å². The van der Waals surface area contributed by atoms with Gasteiger partial charge >= 0.3 is 0 Å². The van der Waals surface area contributed by atoms with Gasteiger partial charge in [0.2, 0.25) is 11.9 Å². The second-order valence-corrected chi connectivity index (χ2v) is 10.1. The molecule has 2 N–H and O–H groups in total. The van der Waals surface area contributed by atoms with E-state index < -0.39 is 15.7 Å². The summed E-state index contributed by atoms with van der Waals surface area (Å²) in [5.74, 6) is -0.270. The van der Waals surface area contributed by atoms with Gasteiger partial charge in [-0.1, -0.05) is 31.2 Å². The zero-order valence-electron chi connectivity index (χ0n) is 18.3. The molecular weight excluding hydrogens is 443 g/mol. The van der Waals surface area contributed by atoms with E-state index in [0.717, 1.165) is 17.3 Å². The molecule has 0 saturated carbocycles. The number of hydrogen-bond acceptors (Lipinski definition) is 6. The van der Waals surface area contributed by atoms with Gasteiger partial charge in [0.15, 0.2) is 15.7 Å². The molecule has 4 rings (SSSR count). The van der Waals surface area contributed by atoms with E-state index in [9.17, 15) is 17.6 Å². The van der Waals surface area contributed by atoms with Crippen molar-refractivity contribution >= 4 is 33.1 Å². The summed E-state index contributed by atoms with van der Waals surface area (Å²) in [7, 11) is -3.32. The van der Waals surface area contributed by atoms with Crippen LogP contribution < -0.4 is 10.6 Å². The van der Waals surface area contributed by atoms with Crippen molar-refractivity contribution in [1.29, 1.82) is 0 Å². The standard InChI is InChI=1S/C24H25FN4O3S/c1-2-13-33(31,32)18-7-3-5-16(14-18)9-11-20-19(25)15-26-24(27-20)28-21-8-4-6-17-10-12-22(30)29-23(17)21/h3-8,14-15H,2,9-13H2,1H3,(H,29,30)(H,26,27,28). The maximum absolute atomic E-state index is 14.4. The van der Waals surface area contributed by atoms with E-state index in [1.807, 2.05) is 25.1 Å². The maximum Gasteiger partial charge on any atom is 0.227 e. The van der Waals surface area contributed by atoms with Gasteiger partial charge < -0.3 is 10.6 Å². The number of amides is 1.